The van der Waals surface area contributed by atoms with Crippen LogP contribution < -0.4 is 16.0 Å². The molecular formula is C30H50N4O6. The van der Waals surface area contributed by atoms with E-state index in [4.69, 9.17) is 9.47 Å². The monoisotopic (exact) mass is 562 g/mol. The van der Waals surface area contributed by atoms with Crippen molar-refractivity contribution < 1.29 is 28.7 Å². The average Bonchev–Trinajstić information content (AvgIpc) is 2.83. The molecule has 1 rings (SSSR count). The van der Waals surface area contributed by atoms with Crippen molar-refractivity contribution in [3.05, 3.63) is 35.9 Å². The van der Waals surface area contributed by atoms with Gasteiger partial charge in [0, 0.05) is 19.1 Å². The summed E-state index contributed by atoms with van der Waals surface area (Å²) in [5.41, 5.74) is 0.198. The normalized spacial score (nSPS) is 13.8. The van der Waals surface area contributed by atoms with Crippen molar-refractivity contribution in [3.8, 4) is 0 Å². The molecule has 4 amide bonds. The first-order valence-corrected chi connectivity index (χ1v) is 14.0. The highest BCUT2D eigenvalue weighted by Gasteiger charge is 2.31. The molecule has 0 saturated heterocycles. The number of rotatable bonds is 13. The van der Waals surface area contributed by atoms with E-state index in [1.807, 2.05) is 71.9 Å². The van der Waals surface area contributed by atoms with Crippen molar-refractivity contribution in [1.82, 2.24) is 20.9 Å². The zero-order valence-electron chi connectivity index (χ0n) is 25.9. The molecule has 40 heavy (non-hydrogen) atoms. The van der Waals surface area contributed by atoms with Crippen LogP contribution in [0.1, 0.15) is 74.3 Å². The van der Waals surface area contributed by atoms with Crippen LogP contribution in [0.4, 0.5) is 9.59 Å². The maximum absolute atomic E-state index is 13.5. The number of nitrogens with zero attached hydrogens (tertiary/aromatic N) is 1. The third-order valence-corrected chi connectivity index (χ3v) is 6.07. The van der Waals surface area contributed by atoms with Crippen molar-refractivity contribution in [2.45, 2.75) is 99.0 Å². The lowest BCUT2D eigenvalue weighted by Gasteiger charge is -2.32. The first-order chi connectivity index (χ1) is 18.5. The zero-order valence-corrected chi connectivity index (χ0v) is 25.9. The summed E-state index contributed by atoms with van der Waals surface area (Å²) in [6.07, 6.45) is -0.0824. The van der Waals surface area contributed by atoms with Gasteiger partial charge in [-0.2, -0.15) is 0 Å². The Hall–Kier alpha value is -3.30. The quantitative estimate of drug-likeness (QED) is 0.305. The minimum Gasteiger partial charge on any atom is -0.467 e. The SMILES string of the molecule is COC(=O)[C@@H](NC(=O)N(Cc1ccccc1)C[C@H](CC(C)C)NC(=O)[C@@H](NC(=O)OC(C)(C)C)C(C)C)C(C)C. The van der Waals surface area contributed by atoms with E-state index < -0.39 is 41.8 Å². The number of urea groups is 1. The van der Waals surface area contributed by atoms with E-state index in [0.717, 1.165) is 5.56 Å². The van der Waals surface area contributed by atoms with Crippen LogP contribution >= 0.6 is 0 Å². The van der Waals surface area contributed by atoms with Crippen LogP contribution in [0.3, 0.4) is 0 Å². The Bertz CT molecular complexity index is 959. The van der Waals surface area contributed by atoms with Gasteiger partial charge in [0.15, 0.2) is 0 Å². The van der Waals surface area contributed by atoms with Gasteiger partial charge >= 0.3 is 18.1 Å². The highest BCUT2D eigenvalue weighted by molar-refractivity contribution is 5.86. The Labute approximate surface area is 239 Å². The molecule has 1 aromatic carbocycles. The molecule has 0 heterocycles. The van der Waals surface area contributed by atoms with Gasteiger partial charge in [0.05, 0.1) is 7.11 Å². The molecule has 0 bridgehead atoms. The van der Waals surface area contributed by atoms with E-state index in [9.17, 15) is 19.2 Å². The molecule has 3 N–H and O–H groups in total. The van der Waals surface area contributed by atoms with Crippen molar-refractivity contribution in [2.24, 2.45) is 17.8 Å². The molecule has 10 nitrogen and oxygen atoms in total. The summed E-state index contributed by atoms with van der Waals surface area (Å²) in [7, 11) is 1.29. The number of hydrogen-bond donors (Lipinski definition) is 3. The number of esters is 1. The number of carbonyl (C=O) groups is 4. The third-order valence-electron chi connectivity index (χ3n) is 6.07. The maximum Gasteiger partial charge on any atom is 0.408 e. The highest BCUT2D eigenvalue weighted by Crippen LogP contribution is 2.14. The molecule has 1 aromatic rings. The summed E-state index contributed by atoms with van der Waals surface area (Å²) < 4.78 is 10.3. The first-order valence-electron chi connectivity index (χ1n) is 14.0. The van der Waals surface area contributed by atoms with Gasteiger partial charge in [0.2, 0.25) is 5.91 Å². The summed E-state index contributed by atoms with van der Waals surface area (Å²) in [5.74, 6) is -1.07. The van der Waals surface area contributed by atoms with Crippen LogP contribution in [0.15, 0.2) is 30.3 Å². The highest BCUT2D eigenvalue weighted by atomic mass is 16.6. The summed E-state index contributed by atoms with van der Waals surface area (Å²) in [5, 5.41) is 8.56. The second kappa shape index (κ2) is 16.1. The van der Waals surface area contributed by atoms with Crippen molar-refractivity contribution in [1.29, 1.82) is 0 Å². The summed E-state index contributed by atoms with van der Waals surface area (Å²) in [6, 6.07) is 6.99. The van der Waals surface area contributed by atoms with Gasteiger partial charge in [0.1, 0.15) is 17.7 Å². The lowest BCUT2D eigenvalue weighted by atomic mass is 10.00. The number of nitrogens with one attached hydrogen (secondary N) is 3. The Morgan fingerprint density at radius 2 is 1.43 bits per heavy atom. The number of carbonyl (C=O) groups excluding carboxylic acids is 4. The largest absolute Gasteiger partial charge is 0.467 e. The van der Waals surface area contributed by atoms with Crippen LogP contribution in [0, 0.1) is 17.8 Å². The fraction of sp³-hybridized carbons (Fsp3) is 0.667. The fourth-order valence-electron chi connectivity index (χ4n) is 4.15. The number of amides is 4. The second-order valence-corrected chi connectivity index (χ2v) is 12.3. The Kier molecular flexibility index (Phi) is 14.0. The molecule has 0 aromatic heterocycles. The van der Waals surface area contributed by atoms with Crippen molar-refractivity contribution in [2.75, 3.05) is 13.7 Å². The van der Waals surface area contributed by atoms with Crippen LogP contribution in [0.5, 0.6) is 0 Å². The Balaban J connectivity index is 3.22. The van der Waals surface area contributed by atoms with Crippen molar-refractivity contribution in [3.63, 3.8) is 0 Å². The van der Waals surface area contributed by atoms with Crippen molar-refractivity contribution >= 4 is 24.0 Å². The molecule has 0 aliphatic rings. The van der Waals surface area contributed by atoms with E-state index in [1.54, 1.807) is 25.7 Å². The summed E-state index contributed by atoms with van der Waals surface area (Å²) in [6.45, 7) is 17.1. The van der Waals surface area contributed by atoms with E-state index in [0.29, 0.717) is 6.42 Å². The Morgan fingerprint density at radius 3 is 1.90 bits per heavy atom. The molecule has 0 radical (unpaired) electrons. The first kappa shape index (κ1) is 34.7. The minimum atomic E-state index is -0.828. The number of benzene rings is 1. The molecule has 226 valence electrons. The maximum atomic E-state index is 13.5. The van der Waals surface area contributed by atoms with E-state index >= 15 is 0 Å². The van der Waals surface area contributed by atoms with E-state index in [-0.39, 0.29) is 36.8 Å². The summed E-state index contributed by atoms with van der Waals surface area (Å²) in [4.78, 5) is 53.3. The third kappa shape index (κ3) is 12.7. The number of ether oxygens (including phenoxy) is 2. The van der Waals surface area contributed by atoms with Gasteiger partial charge in [-0.05, 0) is 50.5 Å². The van der Waals surface area contributed by atoms with Crippen LogP contribution in [-0.4, -0.2) is 66.3 Å². The zero-order chi connectivity index (χ0) is 30.6. The van der Waals surface area contributed by atoms with Crippen LogP contribution in [0.2, 0.25) is 0 Å². The lowest BCUT2D eigenvalue weighted by Crippen LogP contribution is -2.57. The molecule has 0 unspecified atom stereocenters. The predicted molar refractivity (Wildman–Crippen MR) is 155 cm³/mol. The molecule has 0 aliphatic carbocycles. The van der Waals surface area contributed by atoms with Gasteiger partial charge < -0.3 is 30.3 Å². The van der Waals surface area contributed by atoms with E-state index in [1.165, 1.54) is 7.11 Å². The molecular weight excluding hydrogens is 512 g/mol. The molecule has 10 heteroatoms. The van der Waals surface area contributed by atoms with Gasteiger partial charge in [-0.15, -0.1) is 0 Å². The topological polar surface area (TPSA) is 126 Å². The van der Waals surface area contributed by atoms with Gasteiger partial charge in [0.25, 0.3) is 0 Å². The predicted octanol–water partition coefficient (Wildman–Crippen LogP) is 4.48. The summed E-state index contributed by atoms with van der Waals surface area (Å²) >= 11 is 0. The smallest absolute Gasteiger partial charge is 0.408 e. The molecule has 3 atom stereocenters. The molecule has 0 aliphatic heterocycles. The minimum absolute atomic E-state index is 0.188. The molecule has 0 saturated carbocycles. The van der Waals surface area contributed by atoms with E-state index in [2.05, 4.69) is 16.0 Å². The Morgan fingerprint density at radius 1 is 0.850 bits per heavy atom. The second-order valence-electron chi connectivity index (χ2n) is 12.3. The fourth-order valence-corrected chi connectivity index (χ4v) is 4.15. The van der Waals surface area contributed by atoms with Gasteiger partial charge in [-0.3, -0.25) is 4.79 Å². The average molecular weight is 563 g/mol. The van der Waals surface area contributed by atoms with Gasteiger partial charge in [-0.1, -0.05) is 71.9 Å². The van der Waals surface area contributed by atoms with Crippen LogP contribution in [0.25, 0.3) is 0 Å². The lowest BCUT2D eigenvalue weighted by molar-refractivity contribution is -0.144. The van der Waals surface area contributed by atoms with Crippen LogP contribution in [-0.2, 0) is 25.6 Å². The number of alkyl carbamates (subject to hydrolysis) is 1. The number of methoxy groups -OCH3 is 1. The molecule has 0 spiro atoms. The molecule has 0 fully saturated rings. The number of hydrogen-bond acceptors (Lipinski definition) is 6. The van der Waals surface area contributed by atoms with Gasteiger partial charge in [-0.25, -0.2) is 14.4 Å². The standard InChI is InChI=1S/C30H50N4O6/c1-19(2)16-23(31-26(35)24(20(3)4)33-29(38)40-30(7,8)9)18-34(17-22-14-12-11-13-15-22)28(37)32-25(21(5)6)27(36)39-10/h11-15,19-21,23-25H,16-18H2,1-10H3,(H,31,35)(H,32,37)(H,33,38)/t23-,24-,25-/m0/s1.